The highest BCUT2D eigenvalue weighted by atomic mass is 35.5. The minimum Gasteiger partial charge on any atom is -0.440 e. The zero-order valence-corrected chi connectivity index (χ0v) is 10.1. The van der Waals surface area contributed by atoms with Crippen LogP contribution in [0, 0.1) is 0 Å². The molecule has 1 aromatic heterocycles. The molecule has 0 saturated carbocycles. The Bertz CT molecular complexity index is 459. The first kappa shape index (κ1) is 11.5. The van der Waals surface area contributed by atoms with E-state index in [0.29, 0.717) is 11.8 Å². The highest BCUT2D eigenvalue weighted by Crippen LogP contribution is 2.26. The van der Waals surface area contributed by atoms with Gasteiger partial charge in [0.15, 0.2) is 0 Å². The molecule has 0 aliphatic heterocycles. The van der Waals surface area contributed by atoms with Crippen molar-refractivity contribution in [3.05, 3.63) is 46.8 Å². The van der Waals surface area contributed by atoms with Crippen LogP contribution in [0.25, 0.3) is 0 Å². The van der Waals surface area contributed by atoms with Gasteiger partial charge in [-0.2, -0.15) is 0 Å². The van der Waals surface area contributed by atoms with Crippen LogP contribution in [-0.2, 0) is 12.3 Å². The fourth-order valence-corrected chi connectivity index (χ4v) is 2.39. The molecule has 1 heterocycles. The first-order chi connectivity index (χ1) is 7.79. The molecular weight excluding hydrogens is 244 g/mol. The van der Waals surface area contributed by atoms with E-state index >= 15 is 0 Å². The quantitative estimate of drug-likeness (QED) is 0.852. The van der Waals surface area contributed by atoms with Gasteiger partial charge < -0.3 is 10.2 Å². The number of halogens is 1. The van der Waals surface area contributed by atoms with E-state index in [1.54, 1.807) is 12.5 Å². The van der Waals surface area contributed by atoms with Crippen LogP contribution in [-0.4, -0.2) is 4.98 Å². The van der Waals surface area contributed by atoms with Crippen molar-refractivity contribution in [2.24, 2.45) is 5.73 Å². The summed E-state index contributed by atoms with van der Waals surface area (Å²) in [6, 6.07) is 5.87. The van der Waals surface area contributed by atoms with Gasteiger partial charge in [0.05, 0.1) is 6.20 Å². The predicted octanol–water partition coefficient (Wildman–Crippen LogP) is 3.08. The summed E-state index contributed by atoms with van der Waals surface area (Å²) in [7, 11) is 0. The number of aromatic nitrogens is 1. The Labute approximate surface area is 103 Å². The summed E-state index contributed by atoms with van der Waals surface area (Å²) in [5, 5.41) is 1.39. The number of nitrogens with zero attached hydrogens (tertiary/aromatic N) is 1. The molecular formula is C11H11ClN2OS. The standard InChI is InChI=1S/C11H11ClN2OS/c12-10-5-8(6-13)1-2-9(10)7-16-11-14-3-4-15-11/h1-5H,6-7,13H2. The number of hydrogen-bond donors (Lipinski definition) is 1. The Hall–Kier alpha value is -0.970. The lowest BCUT2D eigenvalue weighted by molar-refractivity contribution is 0.454. The Morgan fingerprint density at radius 1 is 1.44 bits per heavy atom. The van der Waals surface area contributed by atoms with E-state index in [1.807, 2.05) is 18.2 Å². The summed E-state index contributed by atoms with van der Waals surface area (Å²) < 4.78 is 5.13. The van der Waals surface area contributed by atoms with Gasteiger partial charge in [-0.3, -0.25) is 0 Å². The van der Waals surface area contributed by atoms with Gasteiger partial charge in [0.2, 0.25) is 0 Å². The molecule has 0 saturated heterocycles. The molecule has 84 valence electrons. The van der Waals surface area contributed by atoms with Gasteiger partial charge in [0.25, 0.3) is 5.22 Å². The summed E-state index contributed by atoms with van der Waals surface area (Å²) in [5.41, 5.74) is 7.63. The number of nitrogens with two attached hydrogens (primary N) is 1. The van der Waals surface area contributed by atoms with Crippen LogP contribution in [0.2, 0.25) is 5.02 Å². The van der Waals surface area contributed by atoms with Crippen molar-refractivity contribution < 1.29 is 4.42 Å². The summed E-state index contributed by atoms with van der Waals surface area (Å²) >= 11 is 7.64. The SMILES string of the molecule is NCc1ccc(CSc2ncco2)c(Cl)c1. The Kier molecular flexibility index (Phi) is 3.88. The zero-order valence-electron chi connectivity index (χ0n) is 8.52. The second-order valence-electron chi connectivity index (χ2n) is 3.22. The van der Waals surface area contributed by atoms with Crippen molar-refractivity contribution in [1.82, 2.24) is 4.98 Å². The van der Waals surface area contributed by atoms with E-state index in [4.69, 9.17) is 21.8 Å². The van der Waals surface area contributed by atoms with Crippen LogP contribution in [0.15, 0.2) is 40.3 Å². The van der Waals surface area contributed by atoms with Gasteiger partial charge in [-0.05, 0) is 17.2 Å². The van der Waals surface area contributed by atoms with E-state index < -0.39 is 0 Å². The minimum atomic E-state index is 0.507. The van der Waals surface area contributed by atoms with Crippen LogP contribution >= 0.6 is 23.4 Å². The van der Waals surface area contributed by atoms with Gasteiger partial charge in [-0.25, -0.2) is 4.98 Å². The lowest BCUT2D eigenvalue weighted by Crippen LogP contribution is -1.96. The monoisotopic (exact) mass is 254 g/mol. The minimum absolute atomic E-state index is 0.507. The number of thioether (sulfide) groups is 1. The number of hydrogen-bond acceptors (Lipinski definition) is 4. The molecule has 2 rings (SSSR count). The third-order valence-corrected chi connectivity index (χ3v) is 3.37. The van der Waals surface area contributed by atoms with Gasteiger partial charge in [0.1, 0.15) is 6.26 Å². The molecule has 2 N–H and O–H groups in total. The first-order valence-corrected chi connectivity index (χ1v) is 6.15. The van der Waals surface area contributed by atoms with Gasteiger partial charge >= 0.3 is 0 Å². The lowest BCUT2D eigenvalue weighted by atomic mass is 10.1. The molecule has 16 heavy (non-hydrogen) atoms. The molecule has 1 aromatic carbocycles. The normalized spacial score (nSPS) is 10.6. The molecule has 0 aliphatic carbocycles. The highest BCUT2D eigenvalue weighted by Gasteiger charge is 2.04. The highest BCUT2D eigenvalue weighted by molar-refractivity contribution is 7.98. The molecule has 0 fully saturated rings. The fourth-order valence-electron chi connectivity index (χ4n) is 1.26. The molecule has 0 aliphatic rings. The maximum absolute atomic E-state index is 6.13. The van der Waals surface area contributed by atoms with E-state index in [1.165, 1.54) is 11.8 Å². The second-order valence-corrected chi connectivity index (χ2v) is 4.55. The molecule has 2 aromatic rings. The van der Waals surface area contributed by atoms with Crippen molar-refractivity contribution in [2.75, 3.05) is 0 Å². The van der Waals surface area contributed by atoms with Gasteiger partial charge in [0, 0.05) is 17.3 Å². The van der Waals surface area contributed by atoms with Crippen molar-refractivity contribution >= 4 is 23.4 Å². The molecule has 0 amide bonds. The van der Waals surface area contributed by atoms with Gasteiger partial charge in [-0.1, -0.05) is 35.5 Å². The Morgan fingerprint density at radius 2 is 2.31 bits per heavy atom. The smallest absolute Gasteiger partial charge is 0.255 e. The zero-order chi connectivity index (χ0) is 11.4. The van der Waals surface area contributed by atoms with E-state index in [2.05, 4.69) is 4.98 Å². The van der Waals surface area contributed by atoms with Crippen molar-refractivity contribution in [2.45, 2.75) is 17.5 Å². The largest absolute Gasteiger partial charge is 0.440 e. The third-order valence-electron chi connectivity index (χ3n) is 2.11. The molecule has 0 atom stereocenters. The fraction of sp³-hybridized carbons (Fsp3) is 0.182. The van der Waals surface area contributed by atoms with Crippen molar-refractivity contribution in [3.8, 4) is 0 Å². The van der Waals surface area contributed by atoms with Crippen LogP contribution < -0.4 is 5.73 Å². The first-order valence-electron chi connectivity index (χ1n) is 4.79. The number of oxazole rings is 1. The van der Waals surface area contributed by atoms with Crippen molar-refractivity contribution in [3.63, 3.8) is 0 Å². The van der Waals surface area contributed by atoms with E-state index in [9.17, 15) is 0 Å². The summed E-state index contributed by atoms with van der Waals surface area (Å²) in [6.07, 6.45) is 3.18. The van der Waals surface area contributed by atoms with Crippen LogP contribution in [0.4, 0.5) is 0 Å². The maximum Gasteiger partial charge on any atom is 0.255 e. The molecule has 3 nitrogen and oxygen atoms in total. The molecule has 0 unspecified atom stereocenters. The summed E-state index contributed by atoms with van der Waals surface area (Å²) in [4.78, 5) is 4.03. The molecule has 5 heteroatoms. The lowest BCUT2D eigenvalue weighted by Gasteiger charge is -2.04. The van der Waals surface area contributed by atoms with Crippen LogP contribution in [0.1, 0.15) is 11.1 Å². The van der Waals surface area contributed by atoms with Crippen molar-refractivity contribution in [1.29, 1.82) is 0 Å². The van der Waals surface area contributed by atoms with E-state index in [-0.39, 0.29) is 0 Å². The van der Waals surface area contributed by atoms with E-state index in [0.717, 1.165) is 21.9 Å². The Balaban J connectivity index is 2.04. The number of rotatable bonds is 4. The van der Waals surface area contributed by atoms with Crippen LogP contribution in [0.5, 0.6) is 0 Å². The average molecular weight is 255 g/mol. The average Bonchev–Trinajstić information content (AvgIpc) is 2.80. The van der Waals surface area contributed by atoms with Gasteiger partial charge in [-0.15, -0.1) is 0 Å². The molecule has 0 bridgehead atoms. The summed E-state index contributed by atoms with van der Waals surface area (Å²) in [6.45, 7) is 0.507. The maximum atomic E-state index is 6.13. The Morgan fingerprint density at radius 3 is 2.94 bits per heavy atom. The predicted molar refractivity (Wildman–Crippen MR) is 65.4 cm³/mol. The van der Waals surface area contributed by atoms with Crippen LogP contribution in [0.3, 0.4) is 0 Å². The summed E-state index contributed by atoms with van der Waals surface area (Å²) in [5.74, 6) is 0.740. The number of benzene rings is 1. The second kappa shape index (κ2) is 5.39. The molecule has 0 spiro atoms. The molecule has 0 radical (unpaired) electrons. The topological polar surface area (TPSA) is 52.0 Å². The third kappa shape index (κ3) is 2.78.